The minimum atomic E-state index is 0.460. The van der Waals surface area contributed by atoms with Crippen molar-refractivity contribution >= 4 is 5.82 Å². The molecule has 1 aromatic carbocycles. The van der Waals surface area contributed by atoms with E-state index in [-0.39, 0.29) is 0 Å². The number of anilines is 1. The fourth-order valence-electron chi connectivity index (χ4n) is 3.24. The molecule has 0 saturated carbocycles. The van der Waals surface area contributed by atoms with Crippen LogP contribution in [0.4, 0.5) is 5.82 Å². The number of hydrogen-bond donors (Lipinski definition) is 2. The number of aromatic nitrogens is 6. The molecule has 1 fully saturated rings. The number of piperidine rings is 1. The Morgan fingerprint density at radius 2 is 1.96 bits per heavy atom. The van der Waals surface area contributed by atoms with E-state index < -0.39 is 0 Å². The van der Waals surface area contributed by atoms with Crippen molar-refractivity contribution in [3.8, 4) is 11.4 Å². The van der Waals surface area contributed by atoms with Gasteiger partial charge in [-0.2, -0.15) is 5.21 Å². The second kappa shape index (κ2) is 7.57. The number of aromatic amines is 1. The zero-order valence-corrected chi connectivity index (χ0v) is 14.8. The molecule has 2 N–H and O–H groups in total. The number of rotatable bonds is 5. The van der Waals surface area contributed by atoms with Gasteiger partial charge in [0.05, 0.1) is 6.54 Å². The van der Waals surface area contributed by atoms with E-state index in [1.165, 1.54) is 0 Å². The van der Waals surface area contributed by atoms with Crippen molar-refractivity contribution in [3.63, 3.8) is 0 Å². The van der Waals surface area contributed by atoms with Crippen LogP contribution in [0.15, 0.2) is 36.4 Å². The number of benzene rings is 1. The predicted molar refractivity (Wildman–Crippen MR) is 98.5 cm³/mol. The van der Waals surface area contributed by atoms with Crippen LogP contribution in [0.5, 0.6) is 0 Å². The van der Waals surface area contributed by atoms with Crippen molar-refractivity contribution in [1.29, 1.82) is 0 Å². The van der Waals surface area contributed by atoms with Crippen molar-refractivity contribution in [2.24, 2.45) is 0 Å². The highest BCUT2D eigenvalue weighted by molar-refractivity contribution is 5.57. The summed E-state index contributed by atoms with van der Waals surface area (Å²) in [5.41, 5.74) is 2.04. The maximum Gasteiger partial charge on any atom is 0.188 e. The number of H-pyrrole nitrogens is 1. The Hall–Kier alpha value is -2.87. The van der Waals surface area contributed by atoms with Gasteiger partial charge in [0.15, 0.2) is 11.6 Å². The molecule has 1 aliphatic heterocycles. The quantitative estimate of drug-likeness (QED) is 0.723. The Labute approximate surface area is 152 Å². The van der Waals surface area contributed by atoms with Gasteiger partial charge in [0.25, 0.3) is 0 Å². The molecule has 0 amide bonds. The number of tetrazole rings is 1. The van der Waals surface area contributed by atoms with Crippen LogP contribution in [-0.4, -0.2) is 49.7 Å². The van der Waals surface area contributed by atoms with Crippen molar-refractivity contribution in [2.45, 2.75) is 32.4 Å². The molecule has 1 aliphatic rings. The molecule has 4 rings (SSSR count). The van der Waals surface area contributed by atoms with Gasteiger partial charge >= 0.3 is 0 Å². The summed E-state index contributed by atoms with van der Waals surface area (Å²) in [6, 6.07) is 12.7. The molecule has 3 aromatic rings. The maximum absolute atomic E-state index is 4.80. The average molecular weight is 350 g/mol. The smallest absolute Gasteiger partial charge is 0.188 e. The number of aryl methyl sites for hydroxylation is 1. The van der Waals surface area contributed by atoms with E-state index in [1.807, 2.05) is 37.3 Å². The summed E-state index contributed by atoms with van der Waals surface area (Å²) in [4.78, 5) is 11.7. The third-order valence-electron chi connectivity index (χ3n) is 4.63. The van der Waals surface area contributed by atoms with Crippen LogP contribution in [0, 0.1) is 6.92 Å². The Kier molecular flexibility index (Phi) is 4.83. The summed E-state index contributed by atoms with van der Waals surface area (Å²) >= 11 is 0. The number of nitrogens with one attached hydrogen (secondary N) is 2. The lowest BCUT2D eigenvalue weighted by Crippen LogP contribution is -2.42. The molecule has 0 atom stereocenters. The van der Waals surface area contributed by atoms with Crippen molar-refractivity contribution in [1.82, 2.24) is 35.9 Å². The van der Waals surface area contributed by atoms with Crippen LogP contribution in [0.2, 0.25) is 0 Å². The molecule has 1 saturated heterocycles. The fourth-order valence-corrected chi connectivity index (χ4v) is 3.24. The van der Waals surface area contributed by atoms with E-state index in [0.29, 0.717) is 18.4 Å². The predicted octanol–water partition coefficient (Wildman–Crippen LogP) is 1.72. The number of hydrogen-bond acceptors (Lipinski definition) is 7. The highest BCUT2D eigenvalue weighted by atomic mass is 15.5. The third kappa shape index (κ3) is 3.85. The molecule has 0 spiro atoms. The maximum atomic E-state index is 4.80. The van der Waals surface area contributed by atoms with Gasteiger partial charge in [0.1, 0.15) is 5.82 Å². The van der Waals surface area contributed by atoms with Gasteiger partial charge in [0, 0.05) is 36.5 Å². The molecule has 0 radical (unpaired) electrons. The van der Waals surface area contributed by atoms with Crippen LogP contribution in [-0.2, 0) is 6.54 Å². The molecule has 8 nitrogen and oxygen atoms in total. The average Bonchev–Trinajstić information content (AvgIpc) is 3.21. The van der Waals surface area contributed by atoms with E-state index in [9.17, 15) is 0 Å². The Morgan fingerprint density at radius 1 is 1.15 bits per heavy atom. The van der Waals surface area contributed by atoms with Crippen molar-refractivity contribution in [2.75, 3.05) is 18.0 Å². The zero-order valence-electron chi connectivity index (χ0n) is 14.8. The van der Waals surface area contributed by atoms with Gasteiger partial charge in [-0.1, -0.05) is 35.5 Å². The summed E-state index contributed by atoms with van der Waals surface area (Å²) in [6.07, 6.45) is 2.11. The Morgan fingerprint density at radius 3 is 2.69 bits per heavy atom. The lowest BCUT2D eigenvalue weighted by atomic mass is 10.0. The topological polar surface area (TPSA) is 95.5 Å². The first-order valence-electron chi connectivity index (χ1n) is 8.90. The highest BCUT2D eigenvalue weighted by Gasteiger charge is 2.21. The highest BCUT2D eigenvalue weighted by Crippen LogP contribution is 2.22. The minimum Gasteiger partial charge on any atom is -0.356 e. The van der Waals surface area contributed by atoms with E-state index >= 15 is 0 Å². The molecular formula is C18H22N8. The summed E-state index contributed by atoms with van der Waals surface area (Å²) in [5.74, 6) is 2.50. The molecule has 0 aliphatic carbocycles. The van der Waals surface area contributed by atoms with E-state index in [0.717, 1.165) is 48.8 Å². The molecule has 8 heteroatoms. The van der Waals surface area contributed by atoms with Gasteiger partial charge in [-0.15, -0.1) is 10.2 Å². The minimum absolute atomic E-state index is 0.460. The van der Waals surface area contributed by atoms with E-state index in [4.69, 9.17) is 4.98 Å². The first-order chi connectivity index (χ1) is 12.8. The van der Waals surface area contributed by atoms with Crippen LogP contribution < -0.4 is 10.2 Å². The largest absolute Gasteiger partial charge is 0.356 e. The first kappa shape index (κ1) is 16.6. The normalized spacial score (nSPS) is 15.3. The zero-order chi connectivity index (χ0) is 17.8. The van der Waals surface area contributed by atoms with Crippen LogP contribution in [0.1, 0.15) is 24.4 Å². The summed E-state index contributed by atoms with van der Waals surface area (Å²) in [5, 5.41) is 17.5. The molecule has 0 bridgehead atoms. The molecule has 26 heavy (non-hydrogen) atoms. The Balaban J connectivity index is 1.40. The Bertz CT molecular complexity index is 826. The fraction of sp³-hybridized carbons (Fsp3) is 0.389. The first-order valence-corrected chi connectivity index (χ1v) is 8.90. The SMILES string of the molecule is Cc1cc(N2CCC(NCc3nn[nH]n3)CC2)nc(-c2ccccc2)n1. The second-order valence-electron chi connectivity index (χ2n) is 6.53. The van der Waals surface area contributed by atoms with Crippen molar-refractivity contribution < 1.29 is 0 Å². The van der Waals surface area contributed by atoms with Gasteiger partial charge in [-0.25, -0.2) is 9.97 Å². The van der Waals surface area contributed by atoms with Gasteiger partial charge in [0.2, 0.25) is 0 Å². The van der Waals surface area contributed by atoms with Gasteiger partial charge in [-0.05, 0) is 19.8 Å². The molecular weight excluding hydrogens is 328 g/mol. The summed E-state index contributed by atoms with van der Waals surface area (Å²) in [7, 11) is 0. The molecule has 3 heterocycles. The second-order valence-corrected chi connectivity index (χ2v) is 6.53. The number of nitrogens with zero attached hydrogens (tertiary/aromatic N) is 6. The van der Waals surface area contributed by atoms with Gasteiger partial charge < -0.3 is 10.2 Å². The van der Waals surface area contributed by atoms with E-state index in [1.54, 1.807) is 0 Å². The van der Waals surface area contributed by atoms with E-state index in [2.05, 4.69) is 41.9 Å². The van der Waals surface area contributed by atoms with Crippen LogP contribution >= 0.6 is 0 Å². The molecule has 2 aromatic heterocycles. The van der Waals surface area contributed by atoms with Gasteiger partial charge in [-0.3, -0.25) is 0 Å². The lowest BCUT2D eigenvalue weighted by molar-refractivity contribution is 0.408. The monoisotopic (exact) mass is 350 g/mol. The van der Waals surface area contributed by atoms with Crippen LogP contribution in [0.25, 0.3) is 11.4 Å². The standard InChI is InChI=1S/C18H22N8/c1-13-11-17(21-18(20-13)14-5-3-2-4-6-14)26-9-7-15(8-10-26)19-12-16-22-24-25-23-16/h2-6,11,15,19H,7-10,12H2,1H3,(H,22,23,24,25). The lowest BCUT2D eigenvalue weighted by Gasteiger charge is -2.33. The molecule has 0 unspecified atom stereocenters. The molecule has 134 valence electrons. The van der Waals surface area contributed by atoms with Crippen molar-refractivity contribution in [3.05, 3.63) is 47.9 Å². The third-order valence-corrected chi connectivity index (χ3v) is 4.63. The summed E-state index contributed by atoms with van der Waals surface area (Å²) in [6.45, 7) is 4.60. The summed E-state index contributed by atoms with van der Waals surface area (Å²) < 4.78 is 0. The van der Waals surface area contributed by atoms with Crippen LogP contribution in [0.3, 0.4) is 0 Å².